The van der Waals surface area contributed by atoms with E-state index in [0.717, 1.165) is 20.7 Å². The Balaban J connectivity index is 1.84. The zero-order chi connectivity index (χ0) is 15.7. The van der Waals surface area contributed by atoms with Gasteiger partial charge in [-0.25, -0.2) is 9.78 Å². The number of benzene rings is 1. The number of carbonyl (C=O) groups excluding carboxylic acids is 1. The van der Waals surface area contributed by atoms with Gasteiger partial charge in [0.1, 0.15) is 4.88 Å². The Morgan fingerprint density at radius 2 is 2.18 bits per heavy atom. The molecule has 2 heterocycles. The average Bonchev–Trinajstić information content (AvgIpc) is 3.08. The minimum atomic E-state index is -0.417. The molecule has 0 saturated heterocycles. The fourth-order valence-electron chi connectivity index (χ4n) is 1.95. The number of ether oxygens (including phenoxy) is 1. The van der Waals surface area contributed by atoms with Gasteiger partial charge in [0.15, 0.2) is 4.47 Å². The van der Waals surface area contributed by atoms with Crippen molar-refractivity contribution in [3.05, 3.63) is 43.6 Å². The SMILES string of the molecule is COC(=O)c1sc2cc(NCc3cnc(Cl)s3)ccc2c1Cl. The highest BCUT2D eigenvalue weighted by atomic mass is 35.5. The largest absolute Gasteiger partial charge is 0.465 e. The van der Waals surface area contributed by atoms with Crippen LogP contribution in [0.2, 0.25) is 9.49 Å². The van der Waals surface area contributed by atoms with Crippen molar-refractivity contribution in [2.75, 3.05) is 12.4 Å². The van der Waals surface area contributed by atoms with Crippen molar-refractivity contribution in [2.24, 2.45) is 0 Å². The zero-order valence-corrected chi connectivity index (χ0v) is 14.5. The first-order chi connectivity index (χ1) is 10.6. The van der Waals surface area contributed by atoms with E-state index in [0.29, 0.717) is 20.9 Å². The molecule has 0 aliphatic rings. The summed E-state index contributed by atoms with van der Waals surface area (Å²) in [7, 11) is 1.34. The Morgan fingerprint density at radius 1 is 1.36 bits per heavy atom. The van der Waals surface area contributed by atoms with Gasteiger partial charge in [0, 0.05) is 26.8 Å². The molecule has 1 N–H and O–H groups in total. The van der Waals surface area contributed by atoms with Crippen LogP contribution in [0.5, 0.6) is 0 Å². The number of carbonyl (C=O) groups is 1. The van der Waals surface area contributed by atoms with Crippen molar-refractivity contribution >= 4 is 67.6 Å². The Morgan fingerprint density at radius 3 is 2.86 bits per heavy atom. The van der Waals surface area contributed by atoms with Gasteiger partial charge in [-0.15, -0.1) is 22.7 Å². The Bertz CT molecular complexity index is 845. The summed E-state index contributed by atoms with van der Waals surface area (Å²) < 4.78 is 6.19. The van der Waals surface area contributed by atoms with Crippen LogP contribution in [0.4, 0.5) is 5.69 Å². The number of thiazole rings is 1. The second-order valence-corrected chi connectivity index (χ2v) is 7.51. The smallest absolute Gasteiger partial charge is 0.349 e. The summed E-state index contributed by atoms with van der Waals surface area (Å²) in [6.45, 7) is 0.638. The van der Waals surface area contributed by atoms with Crippen LogP contribution in [0.15, 0.2) is 24.4 Å². The number of methoxy groups -OCH3 is 1. The van der Waals surface area contributed by atoms with E-state index in [2.05, 4.69) is 10.3 Å². The van der Waals surface area contributed by atoms with E-state index in [1.807, 2.05) is 18.2 Å². The van der Waals surface area contributed by atoms with E-state index >= 15 is 0 Å². The van der Waals surface area contributed by atoms with Gasteiger partial charge >= 0.3 is 5.97 Å². The average molecular weight is 373 g/mol. The maximum atomic E-state index is 11.7. The van der Waals surface area contributed by atoms with E-state index in [4.69, 9.17) is 27.9 Å². The lowest BCUT2D eigenvalue weighted by atomic mass is 10.2. The number of fused-ring (bicyclic) bond motifs is 1. The normalized spacial score (nSPS) is 10.9. The van der Waals surface area contributed by atoms with Crippen LogP contribution in [-0.4, -0.2) is 18.1 Å². The van der Waals surface area contributed by atoms with Gasteiger partial charge in [-0.1, -0.05) is 23.2 Å². The third-order valence-electron chi connectivity index (χ3n) is 2.99. The molecule has 0 unspecified atom stereocenters. The van der Waals surface area contributed by atoms with Gasteiger partial charge in [-0.2, -0.15) is 0 Å². The van der Waals surface area contributed by atoms with Crippen molar-refractivity contribution in [3.8, 4) is 0 Å². The molecule has 0 aliphatic heterocycles. The standard InChI is InChI=1S/C14H10Cl2N2O2S2/c1-20-13(19)12-11(15)9-3-2-7(4-10(9)22-12)17-5-8-6-18-14(16)21-8/h2-4,6,17H,5H2,1H3. The van der Waals surface area contributed by atoms with Crippen LogP contribution in [-0.2, 0) is 11.3 Å². The molecule has 22 heavy (non-hydrogen) atoms. The van der Waals surface area contributed by atoms with Crippen LogP contribution in [0.1, 0.15) is 14.5 Å². The highest BCUT2D eigenvalue weighted by Gasteiger charge is 2.17. The van der Waals surface area contributed by atoms with Gasteiger partial charge in [0.25, 0.3) is 0 Å². The summed E-state index contributed by atoms with van der Waals surface area (Å²) >= 11 is 14.8. The lowest BCUT2D eigenvalue weighted by Gasteiger charge is -2.04. The van der Waals surface area contributed by atoms with E-state index in [1.165, 1.54) is 29.8 Å². The van der Waals surface area contributed by atoms with Crippen LogP contribution in [0.25, 0.3) is 10.1 Å². The van der Waals surface area contributed by atoms with Gasteiger partial charge in [-0.05, 0) is 18.2 Å². The Kier molecular flexibility index (Phi) is 4.54. The van der Waals surface area contributed by atoms with Gasteiger partial charge in [-0.3, -0.25) is 0 Å². The highest BCUT2D eigenvalue weighted by Crippen LogP contribution is 2.37. The third-order valence-corrected chi connectivity index (χ3v) is 5.74. The topological polar surface area (TPSA) is 51.2 Å². The summed E-state index contributed by atoms with van der Waals surface area (Å²) in [5.74, 6) is -0.417. The quantitative estimate of drug-likeness (QED) is 0.650. The molecule has 114 valence electrons. The number of esters is 1. The minimum absolute atomic E-state index is 0.417. The van der Waals surface area contributed by atoms with Crippen LogP contribution in [0, 0.1) is 0 Å². The number of thiophene rings is 1. The fourth-order valence-corrected chi connectivity index (χ4v) is 4.34. The van der Waals surface area contributed by atoms with Crippen LogP contribution >= 0.6 is 45.9 Å². The molecule has 0 bridgehead atoms. The molecule has 0 atom stereocenters. The Labute approximate surface area is 144 Å². The second-order valence-electron chi connectivity index (χ2n) is 4.38. The minimum Gasteiger partial charge on any atom is -0.465 e. The summed E-state index contributed by atoms with van der Waals surface area (Å²) in [6.07, 6.45) is 1.75. The molecular formula is C14H10Cl2N2O2S2. The predicted octanol–water partition coefficient (Wildman–Crippen LogP) is 5.06. The lowest BCUT2D eigenvalue weighted by molar-refractivity contribution is 0.0606. The van der Waals surface area contributed by atoms with Crippen molar-refractivity contribution in [1.29, 1.82) is 0 Å². The molecule has 3 rings (SSSR count). The number of hydrogen-bond acceptors (Lipinski definition) is 6. The number of hydrogen-bond donors (Lipinski definition) is 1. The molecule has 0 saturated carbocycles. The van der Waals surface area contributed by atoms with Crippen molar-refractivity contribution < 1.29 is 9.53 Å². The number of aromatic nitrogens is 1. The first-order valence-corrected chi connectivity index (χ1v) is 8.62. The molecule has 0 amide bonds. The first-order valence-electron chi connectivity index (χ1n) is 6.23. The van der Waals surface area contributed by atoms with Crippen LogP contribution < -0.4 is 5.32 Å². The molecule has 0 fully saturated rings. The van der Waals surface area contributed by atoms with E-state index in [1.54, 1.807) is 6.20 Å². The molecule has 8 heteroatoms. The molecule has 0 aliphatic carbocycles. The maximum absolute atomic E-state index is 11.7. The lowest BCUT2D eigenvalue weighted by Crippen LogP contribution is -1.97. The molecule has 0 radical (unpaired) electrons. The molecule has 4 nitrogen and oxygen atoms in total. The summed E-state index contributed by atoms with van der Waals surface area (Å²) in [5, 5.41) is 4.58. The molecule has 3 aromatic rings. The maximum Gasteiger partial charge on any atom is 0.349 e. The number of nitrogens with zero attached hydrogens (tertiary/aromatic N) is 1. The van der Waals surface area contributed by atoms with Crippen LogP contribution in [0.3, 0.4) is 0 Å². The number of rotatable bonds is 4. The molecular weight excluding hydrogens is 363 g/mol. The molecule has 1 aromatic carbocycles. The third kappa shape index (κ3) is 3.05. The molecule has 0 spiro atoms. The van der Waals surface area contributed by atoms with Crippen molar-refractivity contribution in [3.63, 3.8) is 0 Å². The van der Waals surface area contributed by atoms with E-state index in [9.17, 15) is 4.79 Å². The zero-order valence-electron chi connectivity index (χ0n) is 11.4. The van der Waals surface area contributed by atoms with E-state index < -0.39 is 5.97 Å². The Hall–Kier alpha value is -1.34. The molecule has 2 aromatic heterocycles. The van der Waals surface area contributed by atoms with E-state index in [-0.39, 0.29) is 0 Å². The van der Waals surface area contributed by atoms with Crippen molar-refractivity contribution in [2.45, 2.75) is 6.54 Å². The van der Waals surface area contributed by atoms with Crippen molar-refractivity contribution in [1.82, 2.24) is 4.98 Å². The number of nitrogens with one attached hydrogen (secondary N) is 1. The van der Waals surface area contributed by atoms with Gasteiger partial charge < -0.3 is 10.1 Å². The first kappa shape index (κ1) is 15.6. The predicted molar refractivity (Wildman–Crippen MR) is 92.6 cm³/mol. The highest BCUT2D eigenvalue weighted by molar-refractivity contribution is 7.21. The second kappa shape index (κ2) is 6.42. The van der Waals surface area contributed by atoms with Gasteiger partial charge in [0.2, 0.25) is 0 Å². The number of anilines is 1. The summed E-state index contributed by atoms with van der Waals surface area (Å²) in [6, 6.07) is 5.77. The van der Waals surface area contributed by atoms with Gasteiger partial charge in [0.05, 0.1) is 18.7 Å². The monoisotopic (exact) mass is 372 g/mol. The summed E-state index contributed by atoms with van der Waals surface area (Å²) in [4.78, 5) is 17.1. The fraction of sp³-hybridized carbons (Fsp3) is 0.143. The summed E-state index contributed by atoms with van der Waals surface area (Å²) in [5.41, 5.74) is 0.936. The number of halogens is 2.